The van der Waals surface area contributed by atoms with Gasteiger partial charge in [0.15, 0.2) is 5.78 Å². The molecule has 0 aliphatic carbocycles. The highest BCUT2D eigenvalue weighted by Gasteiger charge is 2.24. The van der Waals surface area contributed by atoms with Crippen molar-refractivity contribution in [3.8, 4) is 11.5 Å². The van der Waals surface area contributed by atoms with Crippen LogP contribution < -0.4 is 9.47 Å². The quantitative estimate of drug-likeness (QED) is 0.612. The number of hydrogen-bond acceptors (Lipinski definition) is 3. The molecule has 0 saturated heterocycles. The molecule has 0 saturated carbocycles. The normalized spacial score (nSPS) is 12.1. The van der Waals surface area contributed by atoms with E-state index in [-0.39, 0.29) is 11.4 Å². The minimum atomic E-state index is -0.168. The maximum Gasteiger partial charge on any atom is 0.176 e. The van der Waals surface area contributed by atoms with Gasteiger partial charge < -0.3 is 9.47 Å². The molecule has 0 spiro atoms. The lowest BCUT2D eigenvalue weighted by atomic mass is 9.99. The van der Waals surface area contributed by atoms with E-state index in [4.69, 9.17) is 9.47 Å². The van der Waals surface area contributed by atoms with Crippen LogP contribution in [0.1, 0.15) is 28.4 Å². The van der Waals surface area contributed by atoms with Gasteiger partial charge >= 0.3 is 0 Å². The molecule has 0 bridgehead atoms. The summed E-state index contributed by atoms with van der Waals surface area (Å²) in [4.78, 5) is 12.2. The minimum absolute atomic E-state index is 0.00972. The predicted octanol–water partition coefficient (Wildman–Crippen LogP) is 2.77. The van der Waals surface area contributed by atoms with Gasteiger partial charge in [-0.05, 0) is 31.0 Å². The van der Waals surface area contributed by atoms with E-state index in [1.54, 1.807) is 14.2 Å². The summed E-state index contributed by atoms with van der Waals surface area (Å²) in [6.45, 7) is 5.69. The van der Waals surface area contributed by atoms with E-state index in [0.717, 1.165) is 11.1 Å². The fourth-order valence-corrected chi connectivity index (χ4v) is 2.10. The molecule has 0 aromatic heterocycles. The van der Waals surface area contributed by atoms with Crippen molar-refractivity contribution in [3.63, 3.8) is 0 Å². The molecule has 2 atom stereocenters. The second-order valence-electron chi connectivity index (χ2n) is 4.10. The molecule has 0 aliphatic rings. The van der Waals surface area contributed by atoms with E-state index < -0.39 is 0 Å². The first-order valence-corrected chi connectivity index (χ1v) is 6.12. The summed E-state index contributed by atoms with van der Waals surface area (Å²) in [6.07, 6.45) is 0. The lowest BCUT2D eigenvalue weighted by molar-refractivity contribution is 0.0987. The Labute approximate surface area is 105 Å². The smallest absolute Gasteiger partial charge is 0.176 e. The van der Waals surface area contributed by atoms with Gasteiger partial charge in [0.1, 0.15) is 17.1 Å². The Morgan fingerprint density at radius 1 is 1.18 bits per heavy atom. The highest BCUT2D eigenvalue weighted by atomic mass is 31.0. The van der Waals surface area contributed by atoms with Crippen LogP contribution in [0.4, 0.5) is 0 Å². The van der Waals surface area contributed by atoms with Crippen molar-refractivity contribution >= 4 is 15.0 Å². The standard InChI is InChI=1S/C13H19O3P/c1-7-6-8(2)13(16-5)10(12(7)15-4)11(14)9(3)17/h6,9H,17H2,1-5H3. The van der Waals surface area contributed by atoms with Crippen LogP contribution in [-0.2, 0) is 0 Å². The highest BCUT2D eigenvalue weighted by Crippen LogP contribution is 2.36. The minimum Gasteiger partial charge on any atom is -0.496 e. The molecule has 0 fully saturated rings. The molecule has 2 unspecified atom stereocenters. The Balaban J connectivity index is 3.57. The number of Topliss-reactive ketones (excluding diaryl/α,β-unsaturated/α-hetero) is 1. The zero-order valence-electron chi connectivity index (χ0n) is 11.0. The van der Waals surface area contributed by atoms with Gasteiger partial charge in [-0.25, -0.2) is 0 Å². The first-order valence-electron chi connectivity index (χ1n) is 5.46. The van der Waals surface area contributed by atoms with E-state index >= 15 is 0 Å². The van der Waals surface area contributed by atoms with E-state index in [1.165, 1.54) is 0 Å². The second-order valence-corrected chi connectivity index (χ2v) is 5.10. The summed E-state index contributed by atoms with van der Waals surface area (Å²) < 4.78 is 10.7. The van der Waals surface area contributed by atoms with Crippen LogP contribution in [0.2, 0.25) is 0 Å². The van der Waals surface area contributed by atoms with Gasteiger partial charge in [0.25, 0.3) is 0 Å². The number of rotatable bonds is 4. The van der Waals surface area contributed by atoms with Crippen molar-refractivity contribution in [1.29, 1.82) is 0 Å². The Hall–Kier alpha value is -1.08. The number of methoxy groups -OCH3 is 2. The van der Waals surface area contributed by atoms with Crippen LogP contribution in [0.15, 0.2) is 6.07 Å². The molecule has 0 N–H and O–H groups in total. The third kappa shape index (κ3) is 2.61. The number of aryl methyl sites for hydroxylation is 2. The van der Waals surface area contributed by atoms with Crippen molar-refractivity contribution in [2.75, 3.05) is 14.2 Å². The van der Waals surface area contributed by atoms with Gasteiger partial charge in [-0.1, -0.05) is 6.92 Å². The van der Waals surface area contributed by atoms with E-state index in [2.05, 4.69) is 9.24 Å². The molecule has 0 heterocycles. The molecule has 17 heavy (non-hydrogen) atoms. The molecule has 0 radical (unpaired) electrons. The zero-order valence-corrected chi connectivity index (χ0v) is 12.1. The van der Waals surface area contributed by atoms with Crippen molar-refractivity contribution in [3.05, 3.63) is 22.8 Å². The summed E-state index contributed by atoms with van der Waals surface area (Å²) in [7, 11) is 5.65. The summed E-state index contributed by atoms with van der Waals surface area (Å²) in [5, 5.41) is 0. The third-order valence-corrected chi connectivity index (χ3v) is 2.97. The summed E-state index contributed by atoms with van der Waals surface area (Å²) >= 11 is 0. The summed E-state index contributed by atoms with van der Waals surface area (Å²) in [5.74, 6) is 1.22. The second kappa shape index (κ2) is 5.50. The summed E-state index contributed by atoms with van der Waals surface area (Å²) in [5.41, 5.74) is 2.26. The first kappa shape index (κ1) is 14.0. The number of hydrogen-bond donors (Lipinski definition) is 0. The molecule has 1 aromatic rings. The molecule has 3 nitrogen and oxygen atoms in total. The number of benzene rings is 1. The van der Waals surface area contributed by atoms with Crippen molar-refractivity contribution in [1.82, 2.24) is 0 Å². The molecular formula is C13H19O3P. The average Bonchev–Trinajstić information content (AvgIpc) is 2.27. The van der Waals surface area contributed by atoms with Crippen molar-refractivity contribution in [2.45, 2.75) is 26.4 Å². The van der Waals surface area contributed by atoms with Gasteiger partial charge in [-0.2, -0.15) is 0 Å². The maximum atomic E-state index is 12.2. The third-order valence-electron chi connectivity index (χ3n) is 2.67. The summed E-state index contributed by atoms with van der Waals surface area (Å²) in [6, 6.07) is 1.96. The van der Waals surface area contributed by atoms with Crippen LogP contribution in [0, 0.1) is 13.8 Å². The van der Waals surface area contributed by atoms with Gasteiger partial charge in [0, 0.05) is 5.66 Å². The van der Waals surface area contributed by atoms with Crippen LogP contribution in [0.25, 0.3) is 0 Å². The molecular weight excluding hydrogens is 235 g/mol. The largest absolute Gasteiger partial charge is 0.496 e. The molecule has 94 valence electrons. The average molecular weight is 254 g/mol. The van der Waals surface area contributed by atoms with Crippen molar-refractivity contribution < 1.29 is 14.3 Å². The van der Waals surface area contributed by atoms with Gasteiger partial charge in [0.2, 0.25) is 0 Å². The van der Waals surface area contributed by atoms with E-state index in [9.17, 15) is 4.79 Å². The Kier molecular flexibility index (Phi) is 4.53. The molecule has 4 heteroatoms. The highest BCUT2D eigenvalue weighted by molar-refractivity contribution is 7.19. The number of carbonyl (C=O) groups is 1. The number of ketones is 1. The Morgan fingerprint density at radius 2 is 1.59 bits per heavy atom. The number of ether oxygens (including phenoxy) is 2. The van der Waals surface area contributed by atoms with Gasteiger partial charge in [-0.3, -0.25) is 4.79 Å². The molecule has 0 amide bonds. The predicted molar refractivity (Wildman–Crippen MR) is 72.5 cm³/mol. The van der Waals surface area contributed by atoms with Gasteiger partial charge in [0.05, 0.1) is 14.2 Å². The van der Waals surface area contributed by atoms with E-state index in [1.807, 2.05) is 26.8 Å². The molecule has 1 aromatic carbocycles. The lowest BCUT2D eigenvalue weighted by Gasteiger charge is -2.18. The Morgan fingerprint density at radius 3 is 1.88 bits per heavy atom. The van der Waals surface area contributed by atoms with Crippen LogP contribution in [0.3, 0.4) is 0 Å². The first-order chi connectivity index (χ1) is 7.93. The van der Waals surface area contributed by atoms with Crippen LogP contribution in [0.5, 0.6) is 11.5 Å². The van der Waals surface area contributed by atoms with E-state index in [0.29, 0.717) is 17.1 Å². The Bertz CT molecular complexity index is 411. The molecule has 1 rings (SSSR count). The lowest BCUT2D eigenvalue weighted by Crippen LogP contribution is -2.14. The molecule has 0 aliphatic heterocycles. The zero-order chi connectivity index (χ0) is 13.2. The van der Waals surface area contributed by atoms with Crippen LogP contribution in [-0.4, -0.2) is 25.7 Å². The monoisotopic (exact) mass is 254 g/mol. The fraction of sp³-hybridized carbons (Fsp3) is 0.462. The van der Waals surface area contributed by atoms with Crippen molar-refractivity contribution in [2.24, 2.45) is 0 Å². The fourth-order valence-electron chi connectivity index (χ4n) is 1.93. The van der Waals surface area contributed by atoms with Gasteiger partial charge in [-0.15, -0.1) is 9.24 Å². The van der Waals surface area contributed by atoms with Crippen LogP contribution >= 0.6 is 9.24 Å². The maximum absolute atomic E-state index is 12.2. The SMILES string of the molecule is COc1c(C)cc(C)c(OC)c1C(=O)C(C)P. The topological polar surface area (TPSA) is 35.5 Å². The number of carbonyl (C=O) groups excluding carboxylic acids is 1.